The van der Waals surface area contributed by atoms with Gasteiger partial charge in [0.1, 0.15) is 0 Å². The van der Waals surface area contributed by atoms with Crippen LogP contribution in [0.15, 0.2) is 0 Å². The second-order valence-electron chi connectivity index (χ2n) is 3.74. The van der Waals surface area contributed by atoms with Gasteiger partial charge in [-0.15, -0.1) is 0 Å². The highest BCUT2D eigenvalue weighted by atomic mass is 16.2. The Morgan fingerprint density at radius 2 is 1.23 bits per heavy atom. The van der Waals surface area contributed by atoms with Crippen LogP contribution in [0.25, 0.3) is 0 Å². The smallest absolute Gasteiger partial charge is 0.230 e. The SMILES string of the molecule is CCCC(=O)[N+](C)(C)C(=O)CCC. The number of rotatable bonds is 4. The fourth-order valence-corrected chi connectivity index (χ4v) is 1.13. The number of amides is 2. The van der Waals surface area contributed by atoms with Crippen LogP contribution in [0, 0.1) is 0 Å². The minimum Gasteiger partial charge on any atom is -0.230 e. The van der Waals surface area contributed by atoms with Gasteiger partial charge in [-0.3, -0.25) is 0 Å². The van der Waals surface area contributed by atoms with Crippen LogP contribution in [0.4, 0.5) is 0 Å². The topological polar surface area (TPSA) is 34.1 Å². The van der Waals surface area contributed by atoms with E-state index in [0.29, 0.717) is 12.8 Å². The van der Waals surface area contributed by atoms with Crippen LogP contribution in [-0.4, -0.2) is 30.4 Å². The van der Waals surface area contributed by atoms with Gasteiger partial charge in [0, 0.05) is 0 Å². The molecule has 0 radical (unpaired) electrons. The van der Waals surface area contributed by atoms with Gasteiger partial charge in [0.05, 0.1) is 26.9 Å². The molecular formula is C10H20NO2+. The standard InChI is InChI=1S/C10H20NO2/c1-5-7-9(12)11(3,4)10(13)8-6-2/h5-8H2,1-4H3/q+1. The lowest BCUT2D eigenvalue weighted by atomic mass is 10.2. The van der Waals surface area contributed by atoms with E-state index in [-0.39, 0.29) is 16.3 Å². The van der Waals surface area contributed by atoms with Crippen molar-refractivity contribution in [2.24, 2.45) is 0 Å². The molecule has 0 fully saturated rings. The van der Waals surface area contributed by atoms with E-state index in [2.05, 4.69) is 0 Å². The fraction of sp³-hybridized carbons (Fsp3) is 0.800. The van der Waals surface area contributed by atoms with E-state index in [4.69, 9.17) is 0 Å². The summed E-state index contributed by atoms with van der Waals surface area (Å²) in [5.74, 6) is 0.0295. The molecule has 0 bridgehead atoms. The number of quaternary nitrogens is 1. The van der Waals surface area contributed by atoms with E-state index >= 15 is 0 Å². The average Bonchev–Trinajstić information content (AvgIpc) is 2.05. The fourth-order valence-electron chi connectivity index (χ4n) is 1.13. The lowest BCUT2D eigenvalue weighted by Gasteiger charge is -2.23. The zero-order valence-electron chi connectivity index (χ0n) is 9.09. The van der Waals surface area contributed by atoms with E-state index in [0.717, 1.165) is 12.8 Å². The summed E-state index contributed by atoms with van der Waals surface area (Å²) in [5, 5.41) is 0. The van der Waals surface area contributed by atoms with Gasteiger partial charge in [0.2, 0.25) is 0 Å². The maximum absolute atomic E-state index is 11.5. The first-order valence-electron chi connectivity index (χ1n) is 4.87. The average molecular weight is 186 g/mol. The molecule has 0 spiro atoms. The normalized spacial score (nSPS) is 11.4. The first-order chi connectivity index (χ1) is 5.96. The van der Waals surface area contributed by atoms with Crippen LogP contribution in [0.3, 0.4) is 0 Å². The minimum absolute atomic E-state index is 0.0148. The Bertz CT molecular complexity index is 177. The molecule has 0 aromatic carbocycles. The van der Waals surface area contributed by atoms with Gasteiger partial charge in [0.25, 0.3) is 0 Å². The van der Waals surface area contributed by atoms with Gasteiger partial charge in [0.15, 0.2) is 0 Å². The number of hydrogen-bond donors (Lipinski definition) is 0. The largest absolute Gasteiger partial charge is 0.320 e. The van der Waals surface area contributed by atoms with E-state index in [9.17, 15) is 9.59 Å². The van der Waals surface area contributed by atoms with Crippen LogP contribution >= 0.6 is 0 Å². The molecule has 0 unspecified atom stereocenters. The van der Waals surface area contributed by atoms with Gasteiger partial charge in [-0.2, -0.15) is 0 Å². The minimum atomic E-state index is -0.0956. The van der Waals surface area contributed by atoms with E-state index in [1.54, 1.807) is 14.1 Å². The monoisotopic (exact) mass is 186 g/mol. The number of hydrogen-bond acceptors (Lipinski definition) is 2. The second-order valence-corrected chi connectivity index (χ2v) is 3.74. The molecule has 0 aliphatic rings. The molecule has 0 heterocycles. The summed E-state index contributed by atoms with van der Waals surface area (Å²) >= 11 is 0. The molecule has 3 heteroatoms. The van der Waals surface area contributed by atoms with Crippen molar-refractivity contribution in [2.45, 2.75) is 39.5 Å². The molecule has 0 atom stereocenters. The van der Waals surface area contributed by atoms with Gasteiger partial charge < -0.3 is 0 Å². The first-order valence-corrected chi connectivity index (χ1v) is 4.87. The Labute approximate surface area is 80.3 Å². The number of carbonyl (C=O) groups excluding carboxylic acids is 2. The van der Waals surface area contributed by atoms with Crippen LogP contribution < -0.4 is 0 Å². The van der Waals surface area contributed by atoms with Crippen molar-refractivity contribution in [1.29, 1.82) is 0 Å². The first kappa shape index (κ1) is 12.3. The molecule has 0 aliphatic carbocycles. The Balaban J connectivity index is 4.36. The number of imide groups is 1. The number of nitrogens with zero attached hydrogens (tertiary/aromatic N) is 1. The summed E-state index contributed by atoms with van der Waals surface area (Å²) in [6.45, 7) is 3.89. The van der Waals surface area contributed by atoms with E-state index in [1.165, 1.54) is 0 Å². The van der Waals surface area contributed by atoms with Crippen molar-refractivity contribution < 1.29 is 14.1 Å². The molecule has 0 aromatic rings. The number of carbonyl (C=O) groups is 2. The second kappa shape index (κ2) is 5.12. The Morgan fingerprint density at radius 1 is 0.923 bits per heavy atom. The van der Waals surface area contributed by atoms with Gasteiger partial charge in [-0.25, -0.2) is 14.1 Å². The predicted octanol–water partition coefficient (Wildman–Crippen LogP) is 1.72. The van der Waals surface area contributed by atoms with Crippen molar-refractivity contribution in [3.8, 4) is 0 Å². The predicted molar refractivity (Wildman–Crippen MR) is 51.9 cm³/mol. The molecule has 0 aliphatic heterocycles. The highest BCUT2D eigenvalue weighted by molar-refractivity contribution is 5.84. The van der Waals surface area contributed by atoms with E-state index in [1.807, 2.05) is 13.8 Å². The molecule has 0 N–H and O–H groups in total. The molecule has 2 amide bonds. The summed E-state index contributed by atoms with van der Waals surface area (Å²) in [6.07, 6.45) is 2.59. The lowest BCUT2D eigenvalue weighted by Crippen LogP contribution is -2.50. The molecule has 13 heavy (non-hydrogen) atoms. The maximum atomic E-state index is 11.5. The highest BCUT2D eigenvalue weighted by Gasteiger charge is 2.32. The summed E-state index contributed by atoms with van der Waals surface area (Å²) in [6, 6.07) is 0. The zero-order chi connectivity index (χ0) is 10.5. The third kappa shape index (κ3) is 3.27. The van der Waals surface area contributed by atoms with Gasteiger partial charge in [-0.1, -0.05) is 13.8 Å². The quantitative estimate of drug-likeness (QED) is 0.626. The Kier molecular flexibility index (Phi) is 4.85. The van der Waals surface area contributed by atoms with Crippen molar-refractivity contribution >= 4 is 11.8 Å². The molecular weight excluding hydrogens is 166 g/mol. The zero-order valence-corrected chi connectivity index (χ0v) is 9.09. The summed E-state index contributed by atoms with van der Waals surface area (Å²) < 4.78 is -0.0956. The van der Waals surface area contributed by atoms with Crippen LogP contribution in [-0.2, 0) is 9.59 Å². The Hall–Kier alpha value is -0.700. The third-order valence-electron chi connectivity index (χ3n) is 2.17. The van der Waals surface area contributed by atoms with Crippen molar-refractivity contribution in [3.05, 3.63) is 0 Å². The molecule has 3 nitrogen and oxygen atoms in total. The molecule has 76 valence electrons. The van der Waals surface area contributed by atoms with Crippen molar-refractivity contribution in [1.82, 2.24) is 0 Å². The molecule has 0 aromatic heterocycles. The van der Waals surface area contributed by atoms with Crippen molar-refractivity contribution in [2.75, 3.05) is 14.1 Å². The molecule has 0 saturated heterocycles. The summed E-state index contributed by atoms with van der Waals surface area (Å²) in [7, 11) is 3.35. The Morgan fingerprint density at radius 3 is 1.46 bits per heavy atom. The lowest BCUT2D eigenvalue weighted by molar-refractivity contribution is -0.736. The van der Waals surface area contributed by atoms with Crippen LogP contribution in [0.1, 0.15) is 39.5 Å². The summed E-state index contributed by atoms with van der Waals surface area (Å²) in [4.78, 5) is 23.1. The van der Waals surface area contributed by atoms with E-state index < -0.39 is 0 Å². The van der Waals surface area contributed by atoms with Gasteiger partial charge >= 0.3 is 11.8 Å². The van der Waals surface area contributed by atoms with Crippen LogP contribution in [0.2, 0.25) is 0 Å². The maximum Gasteiger partial charge on any atom is 0.320 e. The summed E-state index contributed by atoms with van der Waals surface area (Å²) in [5.41, 5.74) is 0. The van der Waals surface area contributed by atoms with Crippen LogP contribution in [0.5, 0.6) is 0 Å². The van der Waals surface area contributed by atoms with Crippen molar-refractivity contribution in [3.63, 3.8) is 0 Å². The molecule has 0 saturated carbocycles. The van der Waals surface area contributed by atoms with Gasteiger partial charge in [-0.05, 0) is 12.8 Å². The highest BCUT2D eigenvalue weighted by Crippen LogP contribution is 2.08. The third-order valence-corrected chi connectivity index (χ3v) is 2.17. The molecule has 0 rings (SSSR count).